The molecule has 0 heterocycles. The van der Waals surface area contributed by atoms with Gasteiger partial charge in [-0.15, -0.1) is 0 Å². The van der Waals surface area contributed by atoms with Crippen molar-refractivity contribution >= 4 is 5.91 Å². The molecule has 3 nitrogen and oxygen atoms in total. The van der Waals surface area contributed by atoms with E-state index in [1.165, 1.54) is 6.42 Å². The van der Waals surface area contributed by atoms with Crippen LogP contribution in [0.15, 0.2) is 0 Å². The quantitative estimate of drug-likeness (QED) is 0.803. The summed E-state index contributed by atoms with van der Waals surface area (Å²) in [7, 11) is 0. The molecular weight excluding hydrogens is 233 g/mol. The van der Waals surface area contributed by atoms with E-state index in [0.29, 0.717) is 0 Å². The van der Waals surface area contributed by atoms with Crippen molar-refractivity contribution in [1.82, 2.24) is 10.6 Å². The summed E-state index contributed by atoms with van der Waals surface area (Å²) in [5.74, 6) is -0.603. The summed E-state index contributed by atoms with van der Waals surface area (Å²) >= 11 is 0. The summed E-state index contributed by atoms with van der Waals surface area (Å²) in [5.41, 5.74) is -0.103. The van der Waals surface area contributed by atoms with Crippen molar-refractivity contribution in [2.45, 2.75) is 50.7 Å². The van der Waals surface area contributed by atoms with E-state index in [0.717, 1.165) is 25.7 Å². The van der Waals surface area contributed by atoms with E-state index in [-0.39, 0.29) is 12.1 Å². The third kappa shape index (κ3) is 5.91. The highest BCUT2D eigenvalue weighted by atomic mass is 19.4. The van der Waals surface area contributed by atoms with Crippen LogP contribution in [0.4, 0.5) is 13.2 Å². The monoisotopic (exact) mass is 252 g/mol. The van der Waals surface area contributed by atoms with Gasteiger partial charge in [0.25, 0.3) is 0 Å². The summed E-state index contributed by atoms with van der Waals surface area (Å²) in [6, 6.07) is 0. The van der Waals surface area contributed by atoms with Gasteiger partial charge >= 0.3 is 6.18 Å². The highest BCUT2D eigenvalue weighted by Gasteiger charge is 2.29. The Morgan fingerprint density at radius 2 is 1.82 bits per heavy atom. The molecule has 1 amide bonds. The van der Waals surface area contributed by atoms with Crippen molar-refractivity contribution in [3.8, 4) is 0 Å². The molecule has 0 atom stereocenters. The minimum absolute atomic E-state index is 0.0490. The van der Waals surface area contributed by atoms with Gasteiger partial charge in [-0.1, -0.05) is 19.3 Å². The van der Waals surface area contributed by atoms with Gasteiger partial charge < -0.3 is 10.6 Å². The van der Waals surface area contributed by atoms with Crippen molar-refractivity contribution in [3.05, 3.63) is 0 Å². The van der Waals surface area contributed by atoms with Crippen molar-refractivity contribution in [3.63, 3.8) is 0 Å². The van der Waals surface area contributed by atoms with Crippen molar-refractivity contribution in [2.75, 3.05) is 13.1 Å². The number of carbonyl (C=O) groups is 1. The summed E-state index contributed by atoms with van der Waals surface area (Å²) in [6.45, 7) is 0.708. The van der Waals surface area contributed by atoms with Crippen LogP contribution in [-0.4, -0.2) is 30.7 Å². The van der Waals surface area contributed by atoms with Crippen LogP contribution in [0.3, 0.4) is 0 Å². The van der Waals surface area contributed by atoms with Crippen LogP contribution in [0.2, 0.25) is 0 Å². The molecule has 6 heteroatoms. The average Bonchev–Trinajstić information content (AvgIpc) is 2.24. The smallest absolute Gasteiger partial charge is 0.346 e. The zero-order valence-electron chi connectivity index (χ0n) is 9.99. The molecule has 100 valence electrons. The second-order valence-corrected chi connectivity index (χ2v) is 4.87. The van der Waals surface area contributed by atoms with E-state index in [9.17, 15) is 18.0 Å². The molecule has 0 spiro atoms. The minimum Gasteiger partial charge on any atom is -0.346 e. The number of hydrogen-bond donors (Lipinski definition) is 2. The lowest BCUT2D eigenvalue weighted by molar-refractivity contribution is -0.138. The van der Waals surface area contributed by atoms with E-state index < -0.39 is 18.6 Å². The number of alkyl halides is 3. The Morgan fingerprint density at radius 1 is 1.24 bits per heavy atom. The predicted molar refractivity (Wildman–Crippen MR) is 58.6 cm³/mol. The van der Waals surface area contributed by atoms with Gasteiger partial charge in [-0.2, -0.15) is 13.2 Å². The van der Waals surface area contributed by atoms with Crippen LogP contribution < -0.4 is 10.6 Å². The molecule has 17 heavy (non-hydrogen) atoms. The SMILES string of the molecule is CC1(NCC(=O)NCC(F)(F)F)CCCCC1. The lowest BCUT2D eigenvalue weighted by atomic mass is 9.83. The molecule has 0 bridgehead atoms. The van der Waals surface area contributed by atoms with Crippen molar-refractivity contribution < 1.29 is 18.0 Å². The van der Waals surface area contributed by atoms with Crippen LogP contribution in [-0.2, 0) is 4.79 Å². The summed E-state index contributed by atoms with van der Waals surface area (Å²) in [6.07, 6.45) is 1.00. The van der Waals surface area contributed by atoms with Gasteiger partial charge in [0.2, 0.25) is 5.91 Å². The fourth-order valence-electron chi connectivity index (χ4n) is 2.06. The van der Waals surface area contributed by atoms with Gasteiger partial charge in [0, 0.05) is 5.54 Å². The van der Waals surface area contributed by atoms with Crippen LogP contribution >= 0.6 is 0 Å². The third-order valence-electron chi connectivity index (χ3n) is 3.12. The Bertz CT molecular complexity index is 260. The first kappa shape index (κ1) is 14.3. The lowest BCUT2D eigenvalue weighted by Crippen LogP contribution is -2.49. The van der Waals surface area contributed by atoms with Crippen LogP contribution in [0.1, 0.15) is 39.0 Å². The molecule has 0 aromatic carbocycles. The van der Waals surface area contributed by atoms with Gasteiger partial charge in [0.15, 0.2) is 0 Å². The third-order valence-corrected chi connectivity index (χ3v) is 3.12. The second kappa shape index (κ2) is 5.71. The molecule has 0 saturated heterocycles. The van der Waals surface area contributed by atoms with Gasteiger partial charge in [-0.3, -0.25) is 4.79 Å². The van der Waals surface area contributed by atoms with Gasteiger partial charge in [0.1, 0.15) is 6.54 Å². The minimum atomic E-state index is -4.34. The molecule has 0 aromatic heterocycles. The normalized spacial score (nSPS) is 20.0. The van der Waals surface area contributed by atoms with Gasteiger partial charge in [-0.05, 0) is 19.8 Å². The van der Waals surface area contributed by atoms with Gasteiger partial charge in [0.05, 0.1) is 6.54 Å². The molecule has 1 aliphatic carbocycles. The lowest BCUT2D eigenvalue weighted by Gasteiger charge is -2.34. The first-order valence-electron chi connectivity index (χ1n) is 5.89. The number of hydrogen-bond acceptors (Lipinski definition) is 2. The standard InChI is InChI=1S/C11H19F3N2O/c1-10(5-3-2-4-6-10)16-7-9(17)15-8-11(12,13)14/h16H,2-8H2,1H3,(H,15,17). The van der Waals surface area contributed by atoms with Crippen LogP contribution in [0.25, 0.3) is 0 Å². The van der Waals surface area contributed by atoms with Crippen molar-refractivity contribution in [2.24, 2.45) is 0 Å². The van der Waals surface area contributed by atoms with E-state index >= 15 is 0 Å². The Labute approximate surface area is 99.1 Å². The molecule has 1 rings (SSSR count). The molecule has 0 unspecified atom stereocenters. The number of nitrogens with one attached hydrogen (secondary N) is 2. The fraction of sp³-hybridized carbons (Fsp3) is 0.909. The Morgan fingerprint density at radius 3 is 2.35 bits per heavy atom. The number of rotatable bonds is 4. The number of halogens is 3. The summed E-state index contributed by atoms with van der Waals surface area (Å²) < 4.78 is 35.6. The molecule has 0 radical (unpaired) electrons. The maximum absolute atomic E-state index is 11.9. The first-order valence-corrected chi connectivity index (χ1v) is 5.89. The van der Waals surface area contributed by atoms with Crippen LogP contribution in [0, 0.1) is 0 Å². The van der Waals surface area contributed by atoms with E-state index in [1.807, 2.05) is 12.2 Å². The summed E-state index contributed by atoms with van der Waals surface area (Å²) in [5, 5.41) is 4.91. The average molecular weight is 252 g/mol. The van der Waals surface area contributed by atoms with E-state index in [1.54, 1.807) is 0 Å². The molecular formula is C11H19F3N2O. The highest BCUT2D eigenvalue weighted by molar-refractivity contribution is 5.78. The predicted octanol–water partition coefficient (Wildman–Crippen LogP) is 1.98. The molecule has 0 aromatic rings. The Balaban J connectivity index is 2.23. The molecule has 1 aliphatic rings. The second-order valence-electron chi connectivity index (χ2n) is 4.87. The molecule has 2 N–H and O–H groups in total. The number of carbonyl (C=O) groups excluding carboxylic acids is 1. The zero-order valence-corrected chi connectivity index (χ0v) is 9.99. The molecule has 1 fully saturated rings. The maximum atomic E-state index is 11.9. The summed E-state index contributed by atoms with van der Waals surface area (Å²) in [4.78, 5) is 11.2. The van der Waals surface area contributed by atoms with E-state index in [4.69, 9.17) is 0 Å². The largest absolute Gasteiger partial charge is 0.405 e. The topological polar surface area (TPSA) is 41.1 Å². The fourth-order valence-corrected chi connectivity index (χ4v) is 2.06. The molecule has 0 aliphatic heterocycles. The van der Waals surface area contributed by atoms with E-state index in [2.05, 4.69) is 5.32 Å². The zero-order chi connectivity index (χ0) is 12.9. The maximum Gasteiger partial charge on any atom is 0.405 e. The van der Waals surface area contributed by atoms with Crippen LogP contribution in [0.5, 0.6) is 0 Å². The van der Waals surface area contributed by atoms with Gasteiger partial charge in [-0.25, -0.2) is 0 Å². The Hall–Kier alpha value is -0.780. The molecule has 1 saturated carbocycles. The highest BCUT2D eigenvalue weighted by Crippen LogP contribution is 2.27. The Kier molecular flexibility index (Phi) is 4.80. The number of amides is 1. The first-order chi connectivity index (χ1) is 7.81. The van der Waals surface area contributed by atoms with Crippen molar-refractivity contribution in [1.29, 1.82) is 0 Å².